The molecule has 3 rings (SSSR count). The second-order valence-electron chi connectivity index (χ2n) is 6.71. The molecule has 0 fully saturated rings. The highest BCUT2D eigenvalue weighted by Gasteiger charge is 2.13. The van der Waals surface area contributed by atoms with Gasteiger partial charge in [0.25, 0.3) is 0 Å². The van der Waals surface area contributed by atoms with Gasteiger partial charge in [0.15, 0.2) is 5.43 Å². The van der Waals surface area contributed by atoms with E-state index in [0.717, 1.165) is 6.42 Å². The van der Waals surface area contributed by atoms with Gasteiger partial charge in [0.05, 0.1) is 13.7 Å². The van der Waals surface area contributed by atoms with Gasteiger partial charge in [-0.05, 0) is 43.5 Å². The number of unbranched alkanes of at least 4 members (excludes halogenated alkanes) is 2. The van der Waals surface area contributed by atoms with Crippen LogP contribution in [-0.2, 0) is 4.79 Å². The Morgan fingerprint density at radius 2 is 1.83 bits per heavy atom. The SMILES string of the molecule is COc1ccc(-c2cc(=O)c3c(O)cc(OCCCCCC(=O)NO)cc3o2)cc1. The fourth-order valence-electron chi connectivity index (χ4n) is 3.03. The lowest BCUT2D eigenvalue weighted by atomic mass is 10.1. The monoisotopic (exact) mass is 413 g/mol. The second kappa shape index (κ2) is 9.80. The van der Waals surface area contributed by atoms with Crippen molar-refractivity contribution < 1.29 is 29.0 Å². The molecule has 3 aromatic rings. The molecule has 30 heavy (non-hydrogen) atoms. The fourth-order valence-corrected chi connectivity index (χ4v) is 3.03. The van der Waals surface area contributed by atoms with E-state index in [9.17, 15) is 14.7 Å². The summed E-state index contributed by atoms with van der Waals surface area (Å²) in [5, 5.41) is 18.8. The zero-order valence-electron chi connectivity index (χ0n) is 16.5. The Kier molecular flexibility index (Phi) is 6.92. The van der Waals surface area contributed by atoms with Crippen LogP contribution in [0.15, 0.2) is 51.7 Å². The van der Waals surface area contributed by atoms with Gasteiger partial charge >= 0.3 is 0 Å². The minimum atomic E-state index is -0.418. The number of nitrogens with one attached hydrogen (secondary N) is 1. The molecule has 8 nitrogen and oxygen atoms in total. The van der Waals surface area contributed by atoms with E-state index < -0.39 is 5.91 Å². The van der Waals surface area contributed by atoms with Gasteiger partial charge in [0, 0.05) is 30.2 Å². The van der Waals surface area contributed by atoms with Crippen molar-refractivity contribution in [3.63, 3.8) is 0 Å². The van der Waals surface area contributed by atoms with Crippen LogP contribution in [0, 0.1) is 0 Å². The molecule has 2 aromatic carbocycles. The Morgan fingerprint density at radius 3 is 2.53 bits per heavy atom. The lowest BCUT2D eigenvalue weighted by molar-refractivity contribution is -0.129. The van der Waals surface area contributed by atoms with Gasteiger partial charge < -0.3 is 19.0 Å². The van der Waals surface area contributed by atoms with Gasteiger partial charge in [-0.1, -0.05) is 0 Å². The number of amides is 1. The minimum absolute atomic E-state index is 0.0922. The molecule has 1 aromatic heterocycles. The Morgan fingerprint density at radius 1 is 1.07 bits per heavy atom. The van der Waals surface area contributed by atoms with Crippen LogP contribution in [0.25, 0.3) is 22.3 Å². The first-order valence-corrected chi connectivity index (χ1v) is 9.53. The van der Waals surface area contributed by atoms with Gasteiger partial charge in [-0.15, -0.1) is 0 Å². The summed E-state index contributed by atoms with van der Waals surface area (Å²) in [5.74, 6) is 0.805. The lowest BCUT2D eigenvalue weighted by Gasteiger charge is -2.09. The third-order valence-corrected chi connectivity index (χ3v) is 4.60. The van der Waals surface area contributed by atoms with E-state index in [1.807, 2.05) is 0 Å². The summed E-state index contributed by atoms with van der Waals surface area (Å²) in [5.41, 5.74) is 2.16. The smallest absolute Gasteiger partial charge is 0.243 e. The number of aromatic hydroxyl groups is 1. The Bertz CT molecular complexity index is 1070. The molecule has 3 N–H and O–H groups in total. The number of hydrogen-bond acceptors (Lipinski definition) is 7. The molecule has 0 aliphatic rings. The highest BCUT2D eigenvalue weighted by molar-refractivity contribution is 5.86. The average Bonchev–Trinajstić information content (AvgIpc) is 2.75. The predicted octanol–water partition coefficient (Wildman–Crippen LogP) is 3.62. The number of benzene rings is 2. The van der Waals surface area contributed by atoms with E-state index in [1.165, 1.54) is 12.1 Å². The van der Waals surface area contributed by atoms with E-state index >= 15 is 0 Å². The molecule has 0 unspecified atom stereocenters. The van der Waals surface area contributed by atoms with Crippen molar-refractivity contribution in [2.45, 2.75) is 25.7 Å². The summed E-state index contributed by atoms with van der Waals surface area (Å²) in [7, 11) is 1.57. The maximum atomic E-state index is 12.5. The maximum Gasteiger partial charge on any atom is 0.243 e. The molecule has 1 amide bonds. The first-order valence-electron chi connectivity index (χ1n) is 9.53. The number of hydrogen-bond donors (Lipinski definition) is 3. The van der Waals surface area contributed by atoms with Crippen LogP contribution < -0.4 is 20.4 Å². The van der Waals surface area contributed by atoms with E-state index in [0.29, 0.717) is 42.3 Å². The van der Waals surface area contributed by atoms with Gasteiger partial charge in [0.1, 0.15) is 34.0 Å². The molecule has 0 saturated heterocycles. The number of carbonyl (C=O) groups excluding carboxylic acids is 1. The van der Waals surface area contributed by atoms with Crippen molar-refractivity contribution in [1.29, 1.82) is 0 Å². The van der Waals surface area contributed by atoms with Crippen molar-refractivity contribution in [3.8, 4) is 28.6 Å². The van der Waals surface area contributed by atoms with Gasteiger partial charge in [-0.3, -0.25) is 14.8 Å². The number of methoxy groups -OCH3 is 1. The number of ether oxygens (including phenoxy) is 2. The maximum absolute atomic E-state index is 12.5. The molecule has 0 atom stereocenters. The van der Waals surface area contributed by atoms with Crippen LogP contribution >= 0.6 is 0 Å². The van der Waals surface area contributed by atoms with Crippen molar-refractivity contribution in [1.82, 2.24) is 5.48 Å². The third kappa shape index (κ3) is 5.09. The van der Waals surface area contributed by atoms with Gasteiger partial charge in [-0.2, -0.15) is 0 Å². The normalized spacial score (nSPS) is 10.7. The molecule has 0 aliphatic carbocycles. The fraction of sp³-hybridized carbons (Fsp3) is 0.273. The van der Waals surface area contributed by atoms with E-state index in [-0.39, 0.29) is 28.6 Å². The molecule has 0 radical (unpaired) electrons. The van der Waals surface area contributed by atoms with Crippen LogP contribution in [0.2, 0.25) is 0 Å². The minimum Gasteiger partial charge on any atom is -0.507 e. The summed E-state index contributed by atoms with van der Waals surface area (Å²) in [6.07, 6.45) is 2.29. The van der Waals surface area contributed by atoms with Crippen LogP contribution in [0.3, 0.4) is 0 Å². The molecule has 158 valence electrons. The van der Waals surface area contributed by atoms with Crippen molar-refractivity contribution in [2.24, 2.45) is 0 Å². The van der Waals surface area contributed by atoms with Crippen LogP contribution in [0.5, 0.6) is 17.2 Å². The largest absolute Gasteiger partial charge is 0.507 e. The van der Waals surface area contributed by atoms with Crippen LogP contribution in [-0.4, -0.2) is 29.9 Å². The van der Waals surface area contributed by atoms with E-state index in [2.05, 4.69) is 0 Å². The summed E-state index contributed by atoms with van der Waals surface area (Å²) >= 11 is 0. The van der Waals surface area contributed by atoms with Crippen molar-refractivity contribution >= 4 is 16.9 Å². The standard InChI is InChI=1S/C22H23NO7/c1-28-15-8-6-14(7-9-15)19-13-18(25)22-17(24)11-16(12-20(22)30-19)29-10-4-2-3-5-21(26)23-27/h6-9,11-13,24,27H,2-5,10H2,1H3,(H,23,26). The molecule has 0 spiro atoms. The molecule has 0 saturated carbocycles. The number of rotatable bonds is 9. The van der Waals surface area contributed by atoms with Crippen molar-refractivity contribution in [3.05, 3.63) is 52.7 Å². The predicted molar refractivity (Wildman–Crippen MR) is 110 cm³/mol. The summed E-state index contributed by atoms with van der Waals surface area (Å²) in [6.45, 7) is 0.369. The molecular weight excluding hydrogens is 390 g/mol. The number of carbonyl (C=O) groups is 1. The quantitative estimate of drug-likeness (QED) is 0.278. The Labute approximate surface area is 172 Å². The summed E-state index contributed by atoms with van der Waals surface area (Å²) in [6, 6.07) is 11.4. The third-order valence-electron chi connectivity index (χ3n) is 4.60. The summed E-state index contributed by atoms with van der Waals surface area (Å²) < 4.78 is 16.7. The van der Waals surface area contributed by atoms with E-state index in [1.54, 1.807) is 42.9 Å². The Hall–Kier alpha value is -3.52. The van der Waals surface area contributed by atoms with E-state index in [4.69, 9.17) is 19.1 Å². The highest BCUT2D eigenvalue weighted by atomic mass is 16.5. The van der Waals surface area contributed by atoms with Crippen LogP contribution in [0.4, 0.5) is 0 Å². The highest BCUT2D eigenvalue weighted by Crippen LogP contribution is 2.31. The number of phenols is 1. The van der Waals surface area contributed by atoms with Gasteiger partial charge in [0.2, 0.25) is 5.91 Å². The Balaban J connectivity index is 1.74. The average molecular weight is 413 g/mol. The first kappa shape index (κ1) is 21.2. The molecule has 0 bridgehead atoms. The number of hydroxylamine groups is 1. The van der Waals surface area contributed by atoms with Crippen LogP contribution in [0.1, 0.15) is 25.7 Å². The molecule has 1 heterocycles. The number of phenolic OH excluding ortho intramolecular Hbond substituents is 1. The second-order valence-corrected chi connectivity index (χ2v) is 6.71. The van der Waals surface area contributed by atoms with Gasteiger partial charge in [-0.25, -0.2) is 5.48 Å². The molecule has 0 aliphatic heterocycles. The zero-order chi connectivity index (χ0) is 21.5. The van der Waals surface area contributed by atoms with Crippen molar-refractivity contribution in [2.75, 3.05) is 13.7 Å². The molecular formula is C22H23NO7. The first-order chi connectivity index (χ1) is 14.5. The molecule has 8 heteroatoms. The zero-order valence-corrected chi connectivity index (χ0v) is 16.5. The number of fused-ring (bicyclic) bond motifs is 1. The summed E-state index contributed by atoms with van der Waals surface area (Å²) in [4.78, 5) is 23.5. The topological polar surface area (TPSA) is 118 Å². The lowest BCUT2D eigenvalue weighted by Crippen LogP contribution is -2.17.